The van der Waals surface area contributed by atoms with Gasteiger partial charge in [-0.05, 0) is 37.5 Å². The third kappa shape index (κ3) is 1.67. The van der Waals surface area contributed by atoms with Crippen LogP contribution in [0.1, 0.15) is 19.3 Å². The largest absolute Gasteiger partial charge is 0.397 e. The maximum atomic E-state index is 5.91. The Kier molecular flexibility index (Phi) is 2.55. The molecule has 1 aromatic carbocycles. The minimum atomic E-state index is 0.665. The molecular formula is C11H15ClN2. The van der Waals surface area contributed by atoms with Gasteiger partial charge in [-0.15, -0.1) is 0 Å². The quantitative estimate of drug-likeness (QED) is 0.761. The van der Waals surface area contributed by atoms with E-state index in [0.29, 0.717) is 11.1 Å². The first-order valence-electron chi connectivity index (χ1n) is 4.96. The van der Waals surface area contributed by atoms with Crippen LogP contribution in [0.15, 0.2) is 18.2 Å². The van der Waals surface area contributed by atoms with Crippen molar-refractivity contribution in [1.82, 2.24) is 0 Å². The minimum Gasteiger partial charge on any atom is -0.397 e. The second-order valence-corrected chi connectivity index (χ2v) is 4.34. The third-order valence-electron chi connectivity index (χ3n) is 2.99. The van der Waals surface area contributed by atoms with E-state index in [0.717, 1.165) is 11.4 Å². The Labute approximate surface area is 89.7 Å². The fourth-order valence-electron chi connectivity index (χ4n) is 1.82. The Hall–Kier alpha value is -0.890. The highest BCUT2D eigenvalue weighted by Crippen LogP contribution is 2.32. The first-order chi connectivity index (χ1) is 6.68. The first kappa shape index (κ1) is 9.66. The number of halogens is 1. The summed E-state index contributed by atoms with van der Waals surface area (Å²) in [6.45, 7) is 0. The van der Waals surface area contributed by atoms with Crippen molar-refractivity contribution in [3.8, 4) is 0 Å². The number of benzene rings is 1. The molecule has 1 fully saturated rings. The van der Waals surface area contributed by atoms with Gasteiger partial charge < -0.3 is 10.6 Å². The van der Waals surface area contributed by atoms with E-state index in [1.807, 2.05) is 18.2 Å². The minimum absolute atomic E-state index is 0.665. The molecule has 0 saturated heterocycles. The summed E-state index contributed by atoms with van der Waals surface area (Å²) in [6.07, 6.45) is 3.89. The van der Waals surface area contributed by atoms with Gasteiger partial charge in [-0.3, -0.25) is 0 Å². The van der Waals surface area contributed by atoms with E-state index in [4.69, 9.17) is 17.3 Å². The van der Waals surface area contributed by atoms with E-state index in [-0.39, 0.29) is 0 Å². The summed E-state index contributed by atoms with van der Waals surface area (Å²) in [5.74, 6) is 0. The Morgan fingerprint density at radius 1 is 1.43 bits per heavy atom. The van der Waals surface area contributed by atoms with E-state index in [1.165, 1.54) is 19.3 Å². The van der Waals surface area contributed by atoms with Gasteiger partial charge in [0.15, 0.2) is 0 Å². The Bertz CT molecular complexity index is 334. The maximum absolute atomic E-state index is 5.91. The van der Waals surface area contributed by atoms with Gasteiger partial charge in [-0.1, -0.05) is 11.6 Å². The molecule has 76 valence electrons. The van der Waals surface area contributed by atoms with Gasteiger partial charge in [-0.2, -0.15) is 0 Å². The molecule has 2 rings (SSSR count). The monoisotopic (exact) mass is 210 g/mol. The smallest absolute Gasteiger partial charge is 0.0600 e. The molecule has 1 aromatic rings. The van der Waals surface area contributed by atoms with Gasteiger partial charge in [0, 0.05) is 18.1 Å². The molecule has 1 saturated carbocycles. The summed E-state index contributed by atoms with van der Waals surface area (Å²) in [7, 11) is 2.10. The van der Waals surface area contributed by atoms with Crippen molar-refractivity contribution in [3.63, 3.8) is 0 Å². The highest BCUT2D eigenvalue weighted by atomic mass is 35.5. The van der Waals surface area contributed by atoms with E-state index in [1.54, 1.807) is 0 Å². The molecule has 0 unspecified atom stereocenters. The molecular weight excluding hydrogens is 196 g/mol. The summed E-state index contributed by atoms with van der Waals surface area (Å²) in [6, 6.07) is 6.36. The zero-order valence-electron chi connectivity index (χ0n) is 8.33. The number of nitrogens with two attached hydrogens (primary N) is 1. The fraction of sp³-hybridized carbons (Fsp3) is 0.455. The lowest BCUT2D eigenvalue weighted by Crippen LogP contribution is -2.37. The molecule has 0 spiro atoms. The fourth-order valence-corrected chi connectivity index (χ4v) is 2.00. The molecule has 3 heteroatoms. The zero-order valence-corrected chi connectivity index (χ0v) is 9.09. The highest BCUT2D eigenvalue weighted by molar-refractivity contribution is 6.31. The van der Waals surface area contributed by atoms with E-state index in [9.17, 15) is 0 Å². The molecule has 0 aliphatic heterocycles. The van der Waals surface area contributed by atoms with Gasteiger partial charge in [0.05, 0.1) is 11.4 Å². The third-order valence-corrected chi connectivity index (χ3v) is 3.23. The van der Waals surface area contributed by atoms with Crippen LogP contribution in [-0.4, -0.2) is 13.1 Å². The van der Waals surface area contributed by atoms with Crippen LogP contribution in [0.3, 0.4) is 0 Å². The Morgan fingerprint density at radius 2 is 2.14 bits per heavy atom. The van der Waals surface area contributed by atoms with Gasteiger partial charge in [0.25, 0.3) is 0 Å². The van der Waals surface area contributed by atoms with Gasteiger partial charge in [-0.25, -0.2) is 0 Å². The van der Waals surface area contributed by atoms with Crippen molar-refractivity contribution in [2.24, 2.45) is 0 Å². The molecule has 0 atom stereocenters. The normalized spacial score (nSPS) is 16.4. The van der Waals surface area contributed by atoms with Crippen molar-refractivity contribution in [2.75, 3.05) is 17.7 Å². The molecule has 0 radical (unpaired) electrons. The maximum Gasteiger partial charge on any atom is 0.0600 e. The van der Waals surface area contributed by atoms with Crippen molar-refractivity contribution in [3.05, 3.63) is 23.2 Å². The number of nitrogen functional groups attached to an aromatic ring is 1. The molecule has 0 bridgehead atoms. The topological polar surface area (TPSA) is 29.3 Å². The van der Waals surface area contributed by atoms with Gasteiger partial charge in [0.1, 0.15) is 0 Å². The average molecular weight is 211 g/mol. The highest BCUT2D eigenvalue weighted by Gasteiger charge is 2.23. The number of nitrogens with zero attached hydrogens (tertiary/aromatic N) is 1. The second-order valence-electron chi connectivity index (χ2n) is 3.90. The molecule has 2 N–H and O–H groups in total. The van der Waals surface area contributed by atoms with Crippen molar-refractivity contribution in [1.29, 1.82) is 0 Å². The standard InChI is InChI=1S/C11H15ClN2/c1-14(9-3-2-4-9)11-6-5-8(12)7-10(11)13/h5-7,9H,2-4,13H2,1H3. The van der Waals surface area contributed by atoms with Crippen LogP contribution in [-0.2, 0) is 0 Å². The summed E-state index contributed by atoms with van der Waals surface area (Å²) in [4.78, 5) is 2.26. The van der Waals surface area contributed by atoms with Crippen LogP contribution >= 0.6 is 11.6 Å². The van der Waals surface area contributed by atoms with Crippen molar-refractivity contribution >= 4 is 23.0 Å². The van der Waals surface area contributed by atoms with Crippen LogP contribution in [0.2, 0.25) is 5.02 Å². The van der Waals surface area contributed by atoms with Crippen LogP contribution in [0.4, 0.5) is 11.4 Å². The lowest BCUT2D eigenvalue weighted by molar-refractivity contribution is 0.401. The van der Waals surface area contributed by atoms with Crippen LogP contribution in [0.5, 0.6) is 0 Å². The molecule has 0 heterocycles. The summed E-state index contributed by atoms with van der Waals surface area (Å²) < 4.78 is 0. The molecule has 1 aliphatic carbocycles. The van der Waals surface area contributed by atoms with E-state index >= 15 is 0 Å². The summed E-state index contributed by atoms with van der Waals surface area (Å²) >= 11 is 5.85. The number of hydrogen-bond donors (Lipinski definition) is 1. The first-order valence-corrected chi connectivity index (χ1v) is 5.34. The second kappa shape index (κ2) is 3.70. The SMILES string of the molecule is CN(c1ccc(Cl)cc1N)C1CCC1. The predicted molar refractivity (Wildman–Crippen MR) is 61.9 cm³/mol. The van der Waals surface area contributed by atoms with Gasteiger partial charge in [0.2, 0.25) is 0 Å². The molecule has 14 heavy (non-hydrogen) atoms. The van der Waals surface area contributed by atoms with Crippen molar-refractivity contribution < 1.29 is 0 Å². The lowest BCUT2D eigenvalue weighted by atomic mass is 9.91. The lowest BCUT2D eigenvalue weighted by Gasteiger charge is -2.37. The molecule has 1 aliphatic rings. The predicted octanol–water partition coefficient (Wildman–Crippen LogP) is 2.91. The Morgan fingerprint density at radius 3 is 2.64 bits per heavy atom. The Balaban J connectivity index is 2.22. The number of anilines is 2. The number of hydrogen-bond acceptors (Lipinski definition) is 2. The molecule has 0 aromatic heterocycles. The summed E-state index contributed by atoms with van der Waals surface area (Å²) in [5.41, 5.74) is 7.78. The van der Waals surface area contributed by atoms with E-state index < -0.39 is 0 Å². The molecule has 2 nitrogen and oxygen atoms in total. The van der Waals surface area contributed by atoms with Crippen LogP contribution in [0, 0.1) is 0 Å². The zero-order chi connectivity index (χ0) is 10.1. The summed E-state index contributed by atoms with van der Waals surface area (Å²) in [5, 5.41) is 0.702. The van der Waals surface area contributed by atoms with Crippen LogP contribution in [0.25, 0.3) is 0 Å². The van der Waals surface area contributed by atoms with Crippen LogP contribution < -0.4 is 10.6 Å². The van der Waals surface area contributed by atoms with Gasteiger partial charge >= 0.3 is 0 Å². The molecule has 0 amide bonds. The number of rotatable bonds is 2. The van der Waals surface area contributed by atoms with E-state index in [2.05, 4.69) is 11.9 Å². The average Bonchev–Trinajstić information content (AvgIpc) is 2.00. The van der Waals surface area contributed by atoms with Crippen molar-refractivity contribution in [2.45, 2.75) is 25.3 Å².